The Morgan fingerprint density at radius 1 is 1.05 bits per heavy atom. The summed E-state index contributed by atoms with van der Waals surface area (Å²) in [4.78, 5) is 14.0. The zero-order valence-corrected chi connectivity index (χ0v) is 22.8. The first-order valence-corrected chi connectivity index (χ1v) is 13.7. The van der Waals surface area contributed by atoms with Gasteiger partial charge in [0.1, 0.15) is 18.4 Å². The maximum absolute atomic E-state index is 9.65. The van der Waals surface area contributed by atoms with Crippen molar-refractivity contribution in [2.45, 2.75) is 50.9 Å². The summed E-state index contributed by atoms with van der Waals surface area (Å²) in [7, 11) is 0. The zero-order chi connectivity index (χ0) is 27.0. The fourth-order valence-electron chi connectivity index (χ4n) is 6.25. The molecule has 3 heterocycles. The molecule has 2 atom stereocenters. The maximum Gasteiger partial charge on any atom is 0.264 e. The summed E-state index contributed by atoms with van der Waals surface area (Å²) in [5, 5.41) is 13.3. The molecule has 0 amide bonds. The van der Waals surface area contributed by atoms with Gasteiger partial charge in [-0.25, -0.2) is 4.98 Å². The molecule has 2 aromatic carbocycles. The van der Waals surface area contributed by atoms with Crippen molar-refractivity contribution in [3.05, 3.63) is 95.4 Å². The van der Waals surface area contributed by atoms with Gasteiger partial charge in [0.2, 0.25) is 5.28 Å². The summed E-state index contributed by atoms with van der Waals surface area (Å²) in [6.45, 7) is 4.80. The van der Waals surface area contributed by atoms with Gasteiger partial charge in [0.15, 0.2) is 22.7 Å². The highest BCUT2D eigenvalue weighted by Crippen LogP contribution is 2.56. The van der Waals surface area contributed by atoms with E-state index in [1.54, 1.807) is 6.33 Å². The number of hydrogen-bond donors (Lipinski definition) is 2. The van der Waals surface area contributed by atoms with Crippen molar-refractivity contribution in [3.8, 4) is 0 Å². The monoisotopic (exact) mass is 545 g/mol. The molecule has 2 N–H and O–H groups in total. The second-order valence-electron chi connectivity index (χ2n) is 10.9. The van der Waals surface area contributed by atoms with Crippen LogP contribution in [0.5, 0.6) is 0 Å². The molecule has 1 saturated carbocycles. The number of ether oxygens (including phenoxy) is 2. The second kappa shape index (κ2) is 10.2. The van der Waals surface area contributed by atoms with Gasteiger partial charge in [-0.2, -0.15) is 9.97 Å². The fourth-order valence-corrected chi connectivity index (χ4v) is 6.42. The lowest BCUT2D eigenvalue weighted by Gasteiger charge is -2.45. The predicted molar refractivity (Wildman–Crippen MR) is 150 cm³/mol. The van der Waals surface area contributed by atoms with Gasteiger partial charge in [0, 0.05) is 12.5 Å². The lowest BCUT2D eigenvalue weighted by molar-refractivity contribution is -0.151. The number of halogens is 1. The molecule has 1 fully saturated rings. The van der Waals surface area contributed by atoms with Crippen molar-refractivity contribution in [1.29, 1.82) is 0 Å². The number of aromatic nitrogens is 4. The first-order chi connectivity index (χ1) is 18.9. The largest absolute Gasteiger partial charge is 0.456 e. The van der Waals surface area contributed by atoms with Gasteiger partial charge in [0.25, 0.3) is 6.29 Å². The summed E-state index contributed by atoms with van der Waals surface area (Å²) in [5.41, 5.74) is 2.84. The number of imidazole rings is 1. The molecule has 8 nitrogen and oxygen atoms in total. The van der Waals surface area contributed by atoms with Crippen LogP contribution in [0.3, 0.4) is 0 Å². The molecule has 0 bridgehead atoms. The van der Waals surface area contributed by atoms with E-state index < -0.39 is 11.8 Å². The van der Waals surface area contributed by atoms with Crippen LogP contribution in [0.25, 0.3) is 11.2 Å². The lowest BCUT2D eigenvalue weighted by atomic mass is 9.74. The first-order valence-electron chi connectivity index (χ1n) is 13.3. The Hall–Kier alpha value is -3.62. The minimum atomic E-state index is -0.625. The molecule has 202 valence electrons. The number of anilines is 1. The number of hydrogen-bond acceptors (Lipinski definition) is 7. The van der Waals surface area contributed by atoms with Crippen LogP contribution in [0.2, 0.25) is 5.28 Å². The Balaban J connectivity index is 1.39. The number of aliphatic hydroxyl groups excluding tert-OH is 1. The van der Waals surface area contributed by atoms with E-state index in [0.29, 0.717) is 29.3 Å². The minimum absolute atomic E-state index is 0.0988. The molecule has 6 rings (SSSR count). The maximum atomic E-state index is 9.65. The number of rotatable bonds is 8. The van der Waals surface area contributed by atoms with Crippen LogP contribution in [0.4, 0.5) is 5.82 Å². The topological polar surface area (TPSA) is 94.3 Å². The van der Waals surface area contributed by atoms with Gasteiger partial charge in [0.05, 0.1) is 6.33 Å². The van der Waals surface area contributed by atoms with Crippen molar-refractivity contribution in [3.63, 3.8) is 0 Å². The number of aliphatic hydroxyl groups is 1. The zero-order valence-electron chi connectivity index (χ0n) is 22.0. The van der Waals surface area contributed by atoms with Crippen LogP contribution >= 0.6 is 11.6 Å². The molecule has 1 aliphatic heterocycles. The molecule has 1 aliphatic carbocycles. The van der Waals surface area contributed by atoms with E-state index >= 15 is 0 Å². The molecule has 9 heteroatoms. The van der Waals surface area contributed by atoms with Gasteiger partial charge in [-0.1, -0.05) is 80.9 Å². The fraction of sp³-hybridized carbons (Fsp3) is 0.367. The van der Waals surface area contributed by atoms with Gasteiger partial charge in [-0.15, -0.1) is 0 Å². The summed E-state index contributed by atoms with van der Waals surface area (Å²) in [5.74, 6) is 1.09. The summed E-state index contributed by atoms with van der Waals surface area (Å²) in [6.07, 6.45) is 5.44. The summed E-state index contributed by atoms with van der Waals surface area (Å²) < 4.78 is 14.2. The van der Waals surface area contributed by atoms with Crippen LogP contribution in [0.1, 0.15) is 50.2 Å². The Morgan fingerprint density at radius 2 is 1.74 bits per heavy atom. The summed E-state index contributed by atoms with van der Waals surface area (Å²) in [6, 6.07) is 20.8. The average molecular weight is 546 g/mol. The molecular formula is C30H32ClN5O3. The lowest BCUT2D eigenvalue weighted by Crippen LogP contribution is -2.52. The van der Waals surface area contributed by atoms with Crippen LogP contribution in [0.15, 0.2) is 79.0 Å². The number of nitrogens with zero attached hydrogens (tertiary/aromatic N) is 4. The quantitative estimate of drug-likeness (QED) is 0.269. The average Bonchev–Trinajstić information content (AvgIpc) is 3.67. The Kier molecular flexibility index (Phi) is 6.69. The molecule has 2 aromatic heterocycles. The van der Waals surface area contributed by atoms with Crippen molar-refractivity contribution in [1.82, 2.24) is 19.5 Å². The molecular weight excluding hydrogens is 514 g/mol. The Morgan fingerprint density at radius 3 is 2.33 bits per heavy atom. The van der Waals surface area contributed by atoms with Crippen molar-refractivity contribution in [2.75, 3.05) is 18.5 Å². The third kappa shape index (κ3) is 4.41. The van der Waals surface area contributed by atoms with E-state index in [0.717, 1.165) is 19.3 Å². The van der Waals surface area contributed by atoms with Crippen LogP contribution < -0.4 is 5.32 Å². The molecule has 2 unspecified atom stereocenters. The molecule has 0 spiro atoms. The normalized spacial score (nSPS) is 22.1. The molecule has 4 aromatic rings. The van der Waals surface area contributed by atoms with E-state index in [2.05, 4.69) is 82.2 Å². The van der Waals surface area contributed by atoms with Crippen LogP contribution in [-0.4, -0.2) is 44.1 Å². The second-order valence-corrected chi connectivity index (χ2v) is 11.2. The molecule has 0 saturated heterocycles. The van der Waals surface area contributed by atoms with Crippen molar-refractivity contribution < 1.29 is 14.6 Å². The smallest absolute Gasteiger partial charge is 0.264 e. The van der Waals surface area contributed by atoms with E-state index in [1.165, 1.54) is 17.4 Å². The molecule has 39 heavy (non-hydrogen) atoms. The standard InChI is InChI=1S/C30H32ClN5O3/c1-29(2)14-9-15-30(29,27-38-18-22(17-37)39-27)36-19-33-24-25(34-28(31)35-26(24)36)32-16-23(20-10-5-3-6-11-20)21-12-7-4-8-13-21/h3-8,10-13,18-19,23,27,37H,9,14-17H2,1-2H3,(H,32,34,35). The number of benzene rings is 2. The van der Waals surface area contributed by atoms with Gasteiger partial charge in [-0.05, 0) is 41.0 Å². The van der Waals surface area contributed by atoms with E-state index in [1.807, 2.05) is 12.1 Å². The summed E-state index contributed by atoms with van der Waals surface area (Å²) >= 11 is 6.52. The highest BCUT2D eigenvalue weighted by Gasteiger charge is 2.59. The molecule has 0 radical (unpaired) electrons. The highest BCUT2D eigenvalue weighted by molar-refractivity contribution is 6.28. The van der Waals surface area contributed by atoms with E-state index in [4.69, 9.17) is 26.1 Å². The number of fused-ring (bicyclic) bond motifs is 1. The number of nitrogens with one attached hydrogen (secondary N) is 1. The van der Waals surface area contributed by atoms with Crippen LogP contribution in [0, 0.1) is 5.41 Å². The SMILES string of the molecule is CC1(C)CCCC1(C1OC=C(CO)O1)n1cnc2c(NCC(c3ccccc3)c3ccccc3)nc(Cl)nc21. The van der Waals surface area contributed by atoms with Crippen molar-refractivity contribution >= 4 is 28.6 Å². The van der Waals surface area contributed by atoms with Gasteiger partial charge in [-0.3, -0.25) is 0 Å². The minimum Gasteiger partial charge on any atom is -0.456 e. The third-order valence-electron chi connectivity index (χ3n) is 8.34. The predicted octanol–water partition coefficient (Wildman–Crippen LogP) is 5.84. The Bertz CT molecular complexity index is 1450. The molecule has 2 aliphatic rings. The van der Waals surface area contributed by atoms with Gasteiger partial charge < -0.3 is 24.5 Å². The third-order valence-corrected chi connectivity index (χ3v) is 8.50. The van der Waals surface area contributed by atoms with Gasteiger partial charge >= 0.3 is 0 Å². The van der Waals surface area contributed by atoms with E-state index in [-0.39, 0.29) is 23.2 Å². The highest BCUT2D eigenvalue weighted by atomic mass is 35.5. The van der Waals surface area contributed by atoms with E-state index in [9.17, 15) is 5.11 Å². The van der Waals surface area contributed by atoms with Crippen LogP contribution in [-0.2, 0) is 15.0 Å². The van der Waals surface area contributed by atoms with Crippen molar-refractivity contribution in [2.24, 2.45) is 5.41 Å². The Labute approximate surface area is 232 Å². The first kappa shape index (κ1) is 25.6.